The maximum absolute atomic E-state index is 12.2. The molecule has 2 rings (SSSR count). The van der Waals surface area contributed by atoms with Crippen molar-refractivity contribution in [2.75, 3.05) is 20.2 Å². The topological polar surface area (TPSA) is 67.4 Å². The molecule has 0 aromatic heterocycles. The summed E-state index contributed by atoms with van der Waals surface area (Å²) >= 11 is 5.81. The molecule has 7 heteroatoms. The van der Waals surface area contributed by atoms with E-state index in [0.717, 1.165) is 13.0 Å². The van der Waals surface area contributed by atoms with E-state index in [1.54, 1.807) is 0 Å². The molecule has 18 heavy (non-hydrogen) atoms. The minimum absolute atomic E-state index is 0.0737. The molecule has 1 aromatic carbocycles. The van der Waals surface area contributed by atoms with Crippen molar-refractivity contribution in [3.63, 3.8) is 0 Å². The van der Waals surface area contributed by atoms with E-state index in [-0.39, 0.29) is 16.7 Å². The van der Waals surface area contributed by atoms with Crippen LogP contribution in [-0.4, -0.2) is 34.7 Å². The predicted octanol–water partition coefficient (Wildman–Crippen LogP) is 0.989. The lowest BCUT2D eigenvalue weighted by Gasteiger charge is -2.14. The Labute approximate surface area is 112 Å². The van der Waals surface area contributed by atoms with Crippen LogP contribution in [0.15, 0.2) is 23.1 Å². The first-order valence-corrected chi connectivity index (χ1v) is 7.45. The number of halogens is 1. The summed E-state index contributed by atoms with van der Waals surface area (Å²) in [5, 5.41) is 3.54. The minimum Gasteiger partial charge on any atom is -0.495 e. The third-order valence-electron chi connectivity index (χ3n) is 2.80. The first-order valence-electron chi connectivity index (χ1n) is 5.59. The van der Waals surface area contributed by atoms with Gasteiger partial charge >= 0.3 is 0 Å². The average Bonchev–Trinajstić information content (AvgIpc) is 2.80. The van der Waals surface area contributed by atoms with Crippen molar-refractivity contribution in [2.45, 2.75) is 17.4 Å². The number of hydrogen-bond acceptors (Lipinski definition) is 4. The van der Waals surface area contributed by atoms with Crippen molar-refractivity contribution in [2.24, 2.45) is 0 Å². The number of benzene rings is 1. The van der Waals surface area contributed by atoms with Gasteiger partial charge in [-0.3, -0.25) is 0 Å². The monoisotopic (exact) mass is 290 g/mol. The van der Waals surface area contributed by atoms with Crippen LogP contribution in [0, 0.1) is 0 Å². The Kier molecular flexibility index (Phi) is 4.11. The second-order valence-electron chi connectivity index (χ2n) is 4.11. The minimum atomic E-state index is -3.58. The Morgan fingerprint density at radius 2 is 2.28 bits per heavy atom. The van der Waals surface area contributed by atoms with Crippen molar-refractivity contribution >= 4 is 21.6 Å². The van der Waals surface area contributed by atoms with Crippen molar-refractivity contribution in [1.29, 1.82) is 0 Å². The normalized spacial score (nSPS) is 20.0. The Morgan fingerprint density at radius 3 is 2.89 bits per heavy atom. The van der Waals surface area contributed by atoms with Crippen LogP contribution in [-0.2, 0) is 10.0 Å². The van der Waals surface area contributed by atoms with Crippen LogP contribution in [0.5, 0.6) is 5.75 Å². The molecule has 1 heterocycles. The molecule has 1 aliphatic heterocycles. The lowest BCUT2D eigenvalue weighted by atomic mass is 10.3. The van der Waals surface area contributed by atoms with Crippen LogP contribution in [0.4, 0.5) is 0 Å². The zero-order chi connectivity index (χ0) is 13.2. The van der Waals surface area contributed by atoms with Gasteiger partial charge in [0.05, 0.1) is 7.11 Å². The third-order valence-corrected chi connectivity index (χ3v) is 4.59. The summed E-state index contributed by atoms with van der Waals surface area (Å²) in [7, 11) is -2.16. The lowest BCUT2D eigenvalue weighted by Crippen LogP contribution is -2.36. The van der Waals surface area contributed by atoms with Gasteiger partial charge in [-0.1, -0.05) is 11.6 Å². The standard InChI is InChI=1S/C11H15ClN2O3S/c1-17-10-6-8(12)2-3-11(10)18(15,16)14-9-4-5-13-7-9/h2-3,6,9,13-14H,4-5,7H2,1H3. The maximum atomic E-state index is 12.2. The van der Waals surface area contributed by atoms with Gasteiger partial charge in [-0.05, 0) is 25.1 Å². The molecule has 0 saturated carbocycles. The fourth-order valence-corrected chi connectivity index (χ4v) is 3.48. The number of sulfonamides is 1. The molecular formula is C11H15ClN2O3S. The molecule has 5 nitrogen and oxygen atoms in total. The summed E-state index contributed by atoms with van der Waals surface area (Å²) in [6, 6.07) is 4.40. The van der Waals surface area contributed by atoms with Gasteiger partial charge in [0.1, 0.15) is 10.6 Å². The Balaban J connectivity index is 2.28. The summed E-state index contributed by atoms with van der Waals surface area (Å²) in [5.41, 5.74) is 0. The summed E-state index contributed by atoms with van der Waals surface area (Å²) in [6.07, 6.45) is 0.787. The van der Waals surface area contributed by atoms with Gasteiger partial charge in [0.2, 0.25) is 10.0 Å². The van der Waals surface area contributed by atoms with Gasteiger partial charge in [0.15, 0.2) is 0 Å². The molecule has 2 N–H and O–H groups in total. The van der Waals surface area contributed by atoms with E-state index in [2.05, 4.69) is 10.0 Å². The fourth-order valence-electron chi connectivity index (χ4n) is 1.90. The van der Waals surface area contributed by atoms with Crippen molar-refractivity contribution in [3.8, 4) is 5.75 Å². The Hall–Kier alpha value is -0.820. The first-order chi connectivity index (χ1) is 8.53. The van der Waals surface area contributed by atoms with E-state index in [4.69, 9.17) is 16.3 Å². The number of hydrogen-bond donors (Lipinski definition) is 2. The number of methoxy groups -OCH3 is 1. The highest BCUT2D eigenvalue weighted by atomic mass is 35.5. The highest BCUT2D eigenvalue weighted by Crippen LogP contribution is 2.27. The van der Waals surface area contributed by atoms with Crippen molar-refractivity contribution in [1.82, 2.24) is 10.0 Å². The van der Waals surface area contributed by atoms with Crippen LogP contribution in [0.25, 0.3) is 0 Å². The van der Waals surface area contributed by atoms with E-state index in [1.165, 1.54) is 25.3 Å². The predicted molar refractivity (Wildman–Crippen MR) is 69.6 cm³/mol. The molecule has 0 aliphatic carbocycles. The smallest absolute Gasteiger partial charge is 0.244 e. The van der Waals surface area contributed by atoms with Crippen LogP contribution in [0.1, 0.15) is 6.42 Å². The number of ether oxygens (including phenoxy) is 1. The van der Waals surface area contributed by atoms with Crippen LogP contribution in [0.2, 0.25) is 5.02 Å². The van der Waals surface area contributed by atoms with Crippen LogP contribution >= 0.6 is 11.6 Å². The number of rotatable bonds is 4. The van der Waals surface area contributed by atoms with Gasteiger partial charge in [-0.2, -0.15) is 0 Å². The Bertz CT molecular complexity index is 527. The van der Waals surface area contributed by atoms with E-state index >= 15 is 0 Å². The molecule has 0 radical (unpaired) electrons. The summed E-state index contributed by atoms with van der Waals surface area (Å²) < 4.78 is 32.1. The molecule has 1 atom stereocenters. The first kappa shape index (κ1) is 13.6. The zero-order valence-electron chi connectivity index (χ0n) is 9.94. The molecular weight excluding hydrogens is 276 g/mol. The summed E-state index contributed by atoms with van der Waals surface area (Å²) in [4.78, 5) is 0.112. The molecule has 0 spiro atoms. The fraction of sp³-hybridized carbons (Fsp3) is 0.455. The molecule has 1 aliphatic rings. The highest BCUT2D eigenvalue weighted by molar-refractivity contribution is 7.89. The average molecular weight is 291 g/mol. The van der Waals surface area contributed by atoms with Crippen molar-refractivity contribution in [3.05, 3.63) is 23.2 Å². The largest absolute Gasteiger partial charge is 0.495 e. The summed E-state index contributed by atoms with van der Waals surface area (Å²) in [6.45, 7) is 1.47. The van der Waals surface area contributed by atoms with Gasteiger partial charge in [0, 0.05) is 23.7 Å². The summed E-state index contributed by atoms with van der Waals surface area (Å²) in [5.74, 6) is 0.251. The second kappa shape index (κ2) is 5.44. The van der Waals surface area contributed by atoms with Crippen molar-refractivity contribution < 1.29 is 13.2 Å². The van der Waals surface area contributed by atoms with E-state index in [1.807, 2.05) is 0 Å². The van der Waals surface area contributed by atoms with Crippen LogP contribution in [0.3, 0.4) is 0 Å². The quantitative estimate of drug-likeness (QED) is 0.868. The van der Waals surface area contributed by atoms with Gasteiger partial charge in [-0.25, -0.2) is 13.1 Å². The van der Waals surface area contributed by atoms with Gasteiger partial charge in [-0.15, -0.1) is 0 Å². The van der Waals surface area contributed by atoms with E-state index in [9.17, 15) is 8.42 Å². The molecule has 1 fully saturated rings. The number of nitrogens with one attached hydrogen (secondary N) is 2. The molecule has 0 bridgehead atoms. The maximum Gasteiger partial charge on any atom is 0.244 e. The SMILES string of the molecule is COc1cc(Cl)ccc1S(=O)(=O)NC1CCNC1. The van der Waals surface area contributed by atoms with E-state index < -0.39 is 10.0 Å². The highest BCUT2D eigenvalue weighted by Gasteiger charge is 2.25. The Morgan fingerprint density at radius 1 is 1.50 bits per heavy atom. The molecule has 100 valence electrons. The van der Waals surface area contributed by atoms with Crippen LogP contribution < -0.4 is 14.8 Å². The lowest BCUT2D eigenvalue weighted by molar-refractivity contribution is 0.402. The molecule has 1 saturated heterocycles. The van der Waals surface area contributed by atoms with Gasteiger partial charge < -0.3 is 10.1 Å². The van der Waals surface area contributed by atoms with Gasteiger partial charge in [0.25, 0.3) is 0 Å². The molecule has 0 amide bonds. The third kappa shape index (κ3) is 2.95. The van der Waals surface area contributed by atoms with E-state index in [0.29, 0.717) is 11.6 Å². The molecule has 1 aromatic rings. The second-order valence-corrected chi connectivity index (χ2v) is 6.23. The molecule has 1 unspecified atom stereocenters. The zero-order valence-corrected chi connectivity index (χ0v) is 11.5.